The third kappa shape index (κ3) is 7.60. The lowest BCUT2D eigenvalue weighted by atomic mass is 9.95. The number of aliphatic hydroxyl groups excluding tert-OH is 2. The minimum Gasteiger partial charge on any atom is -0.387 e. The van der Waals surface area contributed by atoms with Crippen molar-refractivity contribution in [2.24, 2.45) is 5.41 Å². The van der Waals surface area contributed by atoms with Gasteiger partial charge in [-0.3, -0.25) is 28.3 Å². The number of nitrogen functional groups attached to an aromatic ring is 1. The highest BCUT2D eigenvalue weighted by Gasteiger charge is 2.46. The van der Waals surface area contributed by atoms with Gasteiger partial charge in [-0.2, -0.15) is 4.98 Å². The largest absolute Gasteiger partial charge is 0.387 e. The van der Waals surface area contributed by atoms with Crippen LogP contribution in [0.1, 0.15) is 20.1 Å². The van der Waals surface area contributed by atoms with Gasteiger partial charge < -0.3 is 44.8 Å². The molecule has 0 spiro atoms. The van der Waals surface area contributed by atoms with Crippen LogP contribution < -0.4 is 16.6 Å². The number of hydrogen-bond donors (Lipinski definition) is 7. The van der Waals surface area contributed by atoms with Crippen molar-refractivity contribution in [3.05, 3.63) is 16.7 Å². The molecule has 1 aliphatic rings. The Kier molecular flexibility index (Phi) is 9.41. The number of fused-ring (bicyclic) bond motifs is 1. The van der Waals surface area contributed by atoms with Gasteiger partial charge in [0.05, 0.1) is 19.5 Å². The molecule has 0 aliphatic carbocycles. The molecule has 3 rings (SSSR count). The minimum atomic E-state index is -4.75. The average molecular weight is 603 g/mol. The number of imidazole rings is 1. The van der Waals surface area contributed by atoms with Crippen LogP contribution in [0.25, 0.3) is 11.2 Å². The Morgan fingerprint density at radius 2 is 1.95 bits per heavy atom. The number of rotatable bonds is 12. The Balaban J connectivity index is 1.59. The second-order valence-electron chi connectivity index (χ2n) is 9.38. The first kappa shape index (κ1) is 30.6. The predicted molar refractivity (Wildman–Crippen MR) is 132 cm³/mol. The Morgan fingerprint density at radius 1 is 1.29 bits per heavy atom. The Bertz CT molecular complexity index is 1320. The first-order chi connectivity index (χ1) is 17.5. The standard InChI is InChI=1S/C18H29ClN6O11P2/c1-18(2,5-21-10(26)3-19)6-35-38(32,33)8-37(30,31)34-4-9-12(27)13(28)16(36-9)25-7-22-11-14(25)23-17(20)24-15(11)29/h7,9,12-13,16,27-28H,3-6,8H2,1-2H3,(H,21,26)(H,30,31)(H,32,33)(H3,20,23,24,29). The van der Waals surface area contributed by atoms with E-state index in [2.05, 4.69) is 20.3 Å². The number of nitrogens with one attached hydrogen (secondary N) is 2. The molecule has 0 saturated carbocycles. The lowest BCUT2D eigenvalue weighted by Crippen LogP contribution is -2.37. The smallest absolute Gasteiger partial charge is 0.340 e. The van der Waals surface area contributed by atoms with E-state index in [1.54, 1.807) is 13.8 Å². The zero-order valence-electron chi connectivity index (χ0n) is 20.3. The Morgan fingerprint density at radius 3 is 2.61 bits per heavy atom. The number of H-pyrrole nitrogens is 1. The summed E-state index contributed by atoms with van der Waals surface area (Å²) in [6.45, 7) is 2.22. The van der Waals surface area contributed by atoms with Crippen LogP contribution >= 0.6 is 26.8 Å². The van der Waals surface area contributed by atoms with Crippen molar-refractivity contribution in [2.45, 2.75) is 38.4 Å². The summed E-state index contributed by atoms with van der Waals surface area (Å²) in [6, 6.07) is 0. The molecule has 0 bridgehead atoms. The van der Waals surface area contributed by atoms with Crippen molar-refractivity contribution < 1.29 is 47.7 Å². The van der Waals surface area contributed by atoms with Crippen molar-refractivity contribution in [1.29, 1.82) is 0 Å². The number of carbonyl (C=O) groups is 1. The van der Waals surface area contributed by atoms with Crippen LogP contribution in [-0.2, 0) is 27.7 Å². The van der Waals surface area contributed by atoms with Gasteiger partial charge in [-0.05, 0) is 0 Å². The van der Waals surface area contributed by atoms with E-state index in [9.17, 15) is 38.7 Å². The van der Waals surface area contributed by atoms with Crippen molar-refractivity contribution in [1.82, 2.24) is 24.8 Å². The number of aliphatic hydroxyl groups is 2. The first-order valence-corrected chi connectivity index (χ1v) is 15.1. The summed E-state index contributed by atoms with van der Waals surface area (Å²) in [5, 5.41) is 23.3. The highest BCUT2D eigenvalue weighted by molar-refractivity contribution is 7.70. The summed E-state index contributed by atoms with van der Waals surface area (Å²) >= 11 is 5.40. The minimum absolute atomic E-state index is 0.0413. The summed E-state index contributed by atoms with van der Waals surface area (Å²) in [7, 11) is -9.39. The third-order valence-corrected chi connectivity index (χ3v) is 9.59. The Labute approximate surface area is 220 Å². The molecule has 8 N–H and O–H groups in total. The molecule has 2 aromatic heterocycles. The molecule has 1 fully saturated rings. The fourth-order valence-electron chi connectivity index (χ4n) is 3.44. The molecule has 3 heterocycles. The molecule has 17 nitrogen and oxygen atoms in total. The maximum atomic E-state index is 12.5. The fourth-order valence-corrected chi connectivity index (χ4v) is 6.92. The van der Waals surface area contributed by atoms with Crippen LogP contribution in [0, 0.1) is 5.41 Å². The number of anilines is 1. The predicted octanol–water partition coefficient (Wildman–Crippen LogP) is -0.936. The number of nitrogens with two attached hydrogens (primary N) is 1. The van der Waals surface area contributed by atoms with E-state index in [4.69, 9.17) is 31.1 Å². The molecule has 6 atom stereocenters. The second kappa shape index (κ2) is 11.7. The van der Waals surface area contributed by atoms with E-state index < -0.39 is 69.1 Å². The average Bonchev–Trinajstić information content (AvgIpc) is 3.35. The van der Waals surface area contributed by atoms with Gasteiger partial charge in [-0.1, -0.05) is 13.8 Å². The van der Waals surface area contributed by atoms with E-state index in [0.717, 1.165) is 10.9 Å². The van der Waals surface area contributed by atoms with Crippen LogP contribution in [0.5, 0.6) is 0 Å². The van der Waals surface area contributed by atoms with Crippen molar-refractivity contribution in [2.75, 3.05) is 37.3 Å². The molecule has 1 aliphatic heterocycles. The van der Waals surface area contributed by atoms with Gasteiger partial charge in [0.1, 0.15) is 24.2 Å². The van der Waals surface area contributed by atoms with Crippen molar-refractivity contribution in [3.63, 3.8) is 0 Å². The maximum absolute atomic E-state index is 12.5. The molecule has 1 amide bonds. The number of amides is 1. The molecule has 0 aromatic carbocycles. The molecule has 1 saturated heterocycles. The number of nitrogens with zero attached hydrogens (tertiary/aromatic N) is 3. The number of aromatic nitrogens is 4. The molecule has 2 aromatic rings. The number of hydrogen-bond acceptors (Lipinski definition) is 12. The number of aromatic amines is 1. The molecule has 6 unspecified atom stereocenters. The zero-order chi connectivity index (χ0) is 28.5. The van der Waals surface area contributed by atoms with Crippen LogP contribution in [0.15, 0.2) is 11.1 Å². The summed E-state index contributed by atoms with van der Waals surface area (Å²) in [4.78, 5) is 53.6. The quantitative estimate of drug-likeness (QED) is 0.114. The van der Waals surface area contributed by atoms with E-state index in [0.29, 0.717) is 0 Å². The summed E-state index contributed by atoms with van der Waals surface area (Å²) in [6.07, 6.45) is -4.73. The van der Waals surface area contributed by atoms with E-state index in [1.807, 2.05) is 0 Å². The van der Waals surface area contributed by atoms with Gasteiger partial charge in [-0.25, -0.2) is 4.98 Å². The van der Waals surface area contributed by atoms with E-state index >= 15 is 0 Å². The van der Waals surface area contributed by atoms with E-state index in [-0.39, 0.29) is 36.1 Å². The normalized spacial score (nSPS) is 25.2. The Hall–Kier alpha value is -1.91. The third-order valence-electron chi connectivity index (χ3n) is 5.40. The molecule has 20 heteroatoms. The second-order valence-corrected chi connectivity index (χ2v) is 13.8. The lowest BCUT2D eigenvalue weighted by Gasteiger charge is -2.26. The van der Waals surface area contributed by atoms with Crippen molar-refractivity contribution >= 4 is 49.8 Å². The molecular formula is C18H29ClN6O11P2. The maximum Gasteiger partial charge on any atom is 0.340 e. The topological polar surface area (TPSA) is 261 Å². The highest BCUT2D eigenvalue weighted by Crippen LogP contribution is 2.59. The highest BCUT2D eigenvalue weighted by atomic mass is 35.5. The number of carbonyl (C=O) groups excluding carboxylic acids is 1. The number of alkyl halides is 1. The van der Waals surface area contributed by atoms with Crippen LogP contribution in [0.3, 0.4) is 0 Å². The number of ether oxygens (including phenoxy) is 1. The number of halogens is 1. The summed E-state index contributed by atoms with van der Waals surface area (Å²) in [5.41, 5.74) is 3.96. The molecule has 0 radical (unpaired) electrons. The zero-order valence-corrected chi connectivity index (χ0v) is 22.8. The fraction of sp³-hybridized carbons (Fsp3) is 0.667. The van der Waals surface area contributed by atoms with Gasteiger partial charge in [0.2, 0.25) is 11.9 Å². The van der Waals surface area contributed by atoms with Crippen LogP contribution in [-0.4, -0.2) is 95.3 Å². The van der Waals surface area contributed by atoms with Crippen molar-refractivity contribution in [3.8, 4) is 0 Å². The SMILES string of the molecule is CC(C)(CNC(=O)CCl)COP(=O)(O)CP(=O)(O)OCC1OC(n2cnc3c(=O)[nH]c(N)nc32)C(O)C1O. The van der Waals surface area contributed by atoms with Gasteiger partial charge in [0, 0.05) is 12.0 Å². The molecule has 214 valence electrons. The van der Waals surface area contributed by atoms with Gasteiger partial charge >= 0.3 is 15.2 Å². The summed E-state index contributed by atoms with van der Waals surface area (Å²) < 4.78 is 41.5. The summed E-state index contributed by atoms with van der Waals surface area (Å²) in [5.74, 6) is -2.20. The van der Waals surface area contributed by atoms with E-state index in [1.165, 1.54) is 0 Å². The van der Waals surface area contributed by atoms with Gasteiger partial charge in [0.25, 0.3) is 5.56 Å². The lowest BCUT2D eigenvalue weighted by molar-refractivity contribution is -0.119. The molecule has 38 heavy (non-hydrogen) atoms. The van der Waals surface area contributed by atoms with Crippen LogP contribution in [0.4, 0.5) is 5.95 Å². The van der Waals surface area contributed by atoms with Gasteiger partial charge in [-0.15, -0.1) is 11.6 Å². The first-order valence-electron chi connectivity index (χ1n) is 11.0. The van der Waals surface area contributed by atoms with Gasteiger partial charge in [0.15, 0.2) is 23.3 Å². The van der Waals surface area contributed by atoms with Crippen LogP contribution in [0.2, 0.25) is 0 Å². The monoisotopic (exact) mass is 602 g/mol. The molecular weight excluding hydrogens is 574 g/mol.